The van der Waals surface area contributed by atoms with Crippen LogP contribution < -0.4 is 10.5 Å². The number of likely N-dealkylation sites (tertiary alicyclic amines) is 1. The molecule has 1 aromatic heterocycles. The number of nitrogens with two attached hydrogens (primary N) is 1. The number of carbonyl (C=O) groups excluding carboxylic acids is 1. The average molecular weight is 560 g/mol. The number of piperidine rings is 1. The molecular weight excluding hydrogens is 517 g/mol. The summed E-state index contributed by atoms with van der Waals surface area (Å²) in [6.45, 7) is 8.29. The minimum absolute atomic E-state index is 0.0463. The number of aromatic nitrogens is 1. The normalized spacial score (nSPS) is 17.9. The quantitative estimate of drug-likeness (QED) is 0.401. The molecule has 41 heavy (non-hydrogen) atoms. The lowest BCUT2D eigenvalue weighted by molar-refractivity contribution is -0.136. The van der Waals surface area contributed by atoms with Crippen LogP contribution in [0, 0.1) is 11.7 Å². The topological polar surface area (TPSA) is 74.9 Å². The first-order valence-corrected chi connectivity index (χ1v) is 14.9. The Morgan fingerprint density at radius 2 is 1.73 bits per heavy atom. The highest BCUT2D eigenvalue weighted by atomic mass is 19.1. The van der Waals surface area contributed by atoms with Gasteiger partial charge < -0.3 is 20.3 Å². The Morgan fingerprint density at radius 1 is 0.976 bits per heavy atom. The van der Waals surface area contributed by atoms with E-state index in [1.165, 1.54) is 17.2 Å². The molecule has 7 nitrogen and oxygen atoms in total. The van der Waals surface area contributed by atoms with E-state index in [4.69, 9.17) is 10.5 Å². The molecule has 1 atom stereocenters. The zero-order chi connectivity index (χ0) is 28.6. The third-order valence-electron chi connectivity index (χ3n) is 8.51. The maximum Gasteiger partial charge on any atom is 0.239 e. The second kappa shape index (κ2) is 14.0. The number of carbonyl (C=O) groups is 1. The van der Waals surface area contributed by atoms with Crippen LogP contribution in [0.1, 0.15) is 31.0 Å². The predicted molar refractivity (Wildman–Crippen MR) is 160 cm³/mol. The van der Waals surface area contributed by atoms with Crippen molar-refractivity contribution in [3.05, 3.63) is 83.9 Å². The lowest BCUT2D eigenvalue weighted by atomic mass is 9.88. The first-order chi connectivity index (χ1) is 20.0. The van der Waals surface area contributed by atoms with Gasteiger partial charge in [0.25, 0.3) is 0 Å². The predicted octanol–water partition coefficient (Wildman–Crippen LogP) is 4.21. The van der Waals surface area contributed by atoms with Gasteiger partial charge in [0, 0.05) is 68.7 Å². The second-order valence-electron chi connectivity index (χ2n) is 11.1. The summed E-state index contributed by atoms with van der Waals surface area (Å²) < 4.78 is 20.1. The SMILES string of the molecule is CCOc1cccc(F)c1CN1CCN(C(=O)[C@H](N)C2CCN(CCc3ncccc3-c3ccccc3)CC2)CC1. The van der Waals surface area contributed by atoms with Gasteiger partial charge in [-0.25, -0.2) is 4.39 Å². The van der Waals surface area contributed by atoms with Gasteiger partial charge in [-0.2, -0.15) is 0 Å². The Bertz CT molecular complexity index is 1270. The van der Waals surface area contributed by atoms with E-state index in [9.17, 15) is 9.18 Å². The molecule has 2 fully saturated rings. The summed E-state index contributed by atoms with van der Waals surface area (Å²) in [4.78, 5) is 24.5. The van der Waals surface area contributed by atoms with Crippen molar-refractivity contribution in [2.24, 2.45) is 11.7 Å². The molecule has 2 aliphatic heterocycles. The minimum Gasteiger partial charge on any atom is -0.493 e. The molecule has 8 heteroatoms. The fourth-order valence-corrected chi connectivity index (χ4v) is 6.06. The van der Waals surface area contributed by atoms with Crippen LogP contribution in [0.15, 0.2) is 66.9 Å². The Kier molecular flexibility index (Phi) is 9.98. The Balaban J connectivity index is 1.07. The molecule has 0 spiro atoms. The van der Waals surface area contributed by atoms with Gasteiger partial charge in [-0.05, 0) is 62.5 Å². The van der Waals surface area contributed by atoms with E-state index in [0.717, 1.165) is 44.6 Å². The summed E-state index contributed by atoms with van der Waals surface area (Å²) in [6, 6.07) is 19.0. The van der Waals surface area contributed by atoms with Gasteiger partial charge in [0.15, 0.2) is 0 Å². The maximum absolute atomic E-state index is 14.5. The molecule has 1 amide bonds. The number of ether oxygens (including phenoxy) is 1. The molecule has 0 aliphatic carbocycles. The number of benzene rings is 2. The van der Waals surface area contributed by atoms with Crippen molar-refractivity contribution in [2.75, 3.05) is 52.4 Å². The fraction of sp³-hybridized carbons (Fsp3) is 0.455. The van der Waals surface area contributed by atoms with E-state index in [2.05, 4.69) is 45.1 Å². The molecule has 0 unspecified atom stereocenters. The zero-order valence-corrected chi connectivity index (χ0v) is 24.1. The van der Waals surface area contributed by atoms with Crippen molar-refractivity contribution < 1.29 is 13.9 Å². The molecule has 2 aromatic carbocycles. The summed E-state index contributed by atoms with van der Waals surface area (Å²) in [5, 5.41) is 0. The highest BCUT2D eigenvalue weighted by molar-refractivity contribution is 5.82. The zero-order valence-electron chi connectivity index (χ0n) is 24.1. The van der Waals surface area contributed by atoms with Gasteiger partial charge in [0.05, 0.1) is 12.6 Å². The molecule has 2 N–H and O–H groups in total. The van der Waals surface area contributed by atoms with E-state index in [1.54, 1.807) is 6.07 Å². The monoisotopic (exact) mass is 559 g/mol. The van der Waals surface area contributed by atoms with Crippen molar-refractivity contribution in [1.29, 1.82) is 0 Å². The third-order valence-corrected chi connectivity index (χ3v) is 8.51. The van der Waals surface area contributed by atoms with E-state index in [0.29, 0.717) is 50.6 Å². The van der Waals surface area contributed by atoms with Crippen LogP contribution >= 0.6 is 0 Å². The standard InChI is InChI=1S/C33H42FN5O2/c1-2-41-31-12-6-11-29(34)28(31)24-38-20-22-39(23-21-38)33(40)32(35)26-13-17-37(18-14-26)19-15-30-27(10-7-16-36-30)25-8-4-3-5-9-25/h3-12,16,26,32H,2,13-15,17-24,35H2,1H3/t32-/m1/s1. The molecule has 3 aromatic rings. The molecule has 5 rings (SSSR count). The molecule has 0 saturated carbocycles. The van der Waals surface area contributed by atoms with Crippen LogP contribution in [0.25, 0.3) is 11.1 Å². The van der Waals surface area contributed by atoms with Gasteiger partial charge in [0.1, 0.15) is 11.6 Å². The highest BCUT2D eigenvalue weighted by Crippen LogP contribution is 2.26. The number of rotatable bonds is 10. The molecule has 3 heterocycles. The molecule has 2 aliphatic rings. The number of piperazine rings is 1. The van der Waals surface area contributed by atoms with Gasteiger partial charge in [-0.3, -0.25) is 14.7 Å². The van der Waals surface area contributed by atoms with Crippen molar-refractivity contribution in [3.63, 3.8) is 0 Å². The Labute approximate surface area is 243 Å². The first kappa shape index (κ1) is 29.2. The molecule has 0 bridgehead atoms. The van der Waals surface area contributed by atoms with E-state index < -0.39 is 6.04 Å². The number of hydrogen-bond donors (Lipinski definition) is 1. The first-order valence-electron chi connectivity index (χ1n) is 14.9. The van der Waals surface area contributed by atoms with Crippen molar-refractivity contribution in [1.82, 2.24) is 19.7 Å². The molecule has 218 valence electrons. The number of halogens is 1. The van der Waals surface area contributed by atoms with E-state index in [1.807, 2.05) is 36.2 Å². The number of nitrogens with zero attached hydrogens (tertiary/aromatic N) is 4. The van der Waals surface area contributed by atoms with Crippen LogP contribution in [0.4, 0.5) is 4.39 Å². The lowest BCUT2D eigenvalue weighted by Gasteiger charge is -2.39. The molecule has 2 saturated heterocycles. The Hall–Kier alpha value is -3.33. The van der Waals surface area contributed by atoms with Gasteiger partial charge in [-0.15, -0.1) is 0 Å². The summed E-state index contributed by atoms with van der Waals surface area (Å²) in [5.41, 5.74) is 10.6. The third kappa shape index (κ3) is 7.31. The van der Waals surface area contributed by atoms with Gasteiger partial charge in [-0.1, -0.05) is 42.5 Å². The smallest absolute Gasteiger partial charge is 0.239 e. The molecular formula is C33H42FN5O2. The van der Waals surface area contributed by atoms with Gasteiger partial charge >= 0.3 is 0 Å². The van der Waals surface area contributed by atoms with Crippen LogP contribution in [0.2, 0.25) is 0 Å². The van der Waals surface area contributed by atoms with Crippen LogP contribution in [-0.4, -0.2) is 84.1 Å². The van der Waals surface area contributed by atoms with Crippen molar-refractivity contribution in [3.8, 4) is 16.9 Å². The number of hydrogen-bond acceptors (Lipinski definition) is 6. The summed E-state index contributed by atoms with van der Waals surface area (Å²) in [7, 11) is 0. The second-order valence-corrected chi connectivity index (χ2v) is 11.1. The lowest BCUT2D eigenvalue weighted by Crippen LogP contribution is -2.55. The van der Waals surface area contributed by atoms with Crippen LogP contribution in [0.3, 0.4) is 0 Å². The van der Waals surface area contributed by atoms with Crippen molar-refractivity contribution >= 4 is 5.91 Å². The fourth-order valence-electron chi connectivity index (χ4n) is 6.06. The largest absolute Gasteiger partial charge is 0.493 e. The van der Waals surface area contributed by atoms with E-state index >= 15 is 0 Å². The Morgan fingerprint density at radius 3 is 2.46 bits per heavy atom. The number of pyridine rings is 1. The average Bonchev–Trinajstić information content (AvgIpc) is 3.02. The summed E-state index contributed by atoms with van der Waals surface area (Å²) >= 11 is 0. The number of amides is 1. The van der Waals surface area contributed by atoms with Gasteiger partial charge in [0.2, 0.25) is 5.91 Å². The van der Waals surface area contributed by atoms with E-state index in [-0.39, 0.29) is 17.6 Å². The summed E-state index contributed by atoms with van der Waals surface area (Å²) in [5.74, 6) is 0.583. The van der Waals surface area contributed by atoms with Crippen LogP contribution in [-0.2, 0) is 17.8 Å². The molecule has 0 radical (unpaired) electrons. The highest BCUT2D eigenvalue weighted by Gasteiger charge is 2.33. The minimum atomic E-state index is -0.472. The summed E-state index contributed by atoms with van der Waals surface area (Å²) in [6.07, 6.45) is 4.61. The van der Waals surface area contributed by atoms with Crippen LogP contribution in [0.5, 0.6) is 5.75 Å². The van der Waals surface area contributed by atoms with Crippen molar-refractivity contribution in [2.45, 2.75) is 38.8 Å². The maximum atomic E-state index is 14.5.